The Balaban J connectivity index is 1.93. The van der Waals surface area contributed by atoms with Crippen molar-refractivity contribution >= 4 is 46.4 Å². The van der Waals surface area contributed by atoms with Gasteiger partial charge in [-0.25, -0.2) is 9.07 Å². The summed E-state index contributed by atoms with van der Waals surface area (Å²) in [6.07, 6.45) is 0. The topological polar surface area (TPSA) is 17.8 Å². The maximum absolute atomic E-state index is 13.8. The van der Waals surface area contributed by atoms with Crippen molar-refractivity contribution in [3.05, 3.63) is 92.6 Å². The van der Waals surface area contributed by atoms with Crippen LogP contribution in [0.15, 0.2) is 66.7 Å². The van der Waals surface area contributed by atoms with Crippen LogP contribution in [0, 0.1) is 5.82 Å². The summed E-state index contributed by atoms with van der Waals surface area (Å²) in [6, 6.07) is 18.6. The Bertz CT molecular complexity index is 1190. The van der Waals surface area contributed by atoms with Crippen LogP contribution in [0.2, 0.25) is 20.1 Å². The zero-order valence-electron chi connectivity index (χ0n) is 14.1. The maximum atomic E-state index is 13.8. The largest absolute Gasteiger partial charge is 0.232 e. The normalized spacial score (nSPS) is 11.0. The molecule has 0 aliphatic heterocycles. The number of rotatable bonds is 3. The summed E-state index contributed by atoms with van der Waals surface area (Å²) in [4.78, 5) is 0. The van der Waals surface area contributed by atoms with Crippen molar-refractivity contribution in [2.24, 2.45) is 0 Å². The van der Waals surface area contributed by atoms with Crippen LogP contribution in [0.4, 0.5) is 4.39 Å². The van der Waals surface area contributed by atoms with Crippen molar-refractivity contribution in [1.82, 2.24) is 9.78 Å². The van der Waals surface area contributed by atoms with E-state index in [1.165, 1.54) is 12.1 Å². The Kier molecular flexibility index (Phi) is 5.35. The van der Waals surface area contributed by atoms with Gasteiger partial charge in [-0.2, -0.15) is 5.10 Å². The zero-order chi connectivity index (χ0) is 19.8. The highest BCUT2D eigenvalue weighted by Crippen LogP contribution is 2.34. The van der Waals surface area contributed by atoms with Gasteiger partial charge in [-0.05, 0) is 48.5 Å². The van der Waals surface area contributed by atoms with Gasteiger partial charge in [0.15, 0.2) is 0 Å². The minimum absolute atomic E-state index is 0.357. The van der Waals surface area contributed by atoms with Crippen LogP contribution < -0.4 is 0 Å². The van der Waals surface area contributed by atoms with E-state index in [9.17, 15) is 4.39 Å². The third kappa shape index (κ3) is 3.76. The van der Waals surface area contributed by atoms with E-state index in [0.717, 1.165) is 16.8 Å². The molecule has 0 aliphatic rings. The minimum Gasteiger partial charge on any atom is -0.232 e. The Morgan fingerprint density at radius 1 is 0.679 bits per heavy atom. The molecule has 0 N–H and O–H groups in total. The summed E-state index contributed by atoms with van der Waals surface area (Å²) in [5.41, 5.74) is 3.53. The highest BCUT2D eigenvalue weighted by Gasteiger charge is 2.15. The van der Waals surface area contributed by atoms with Gasteiger partial charge in [0, 0.05) is 11.1 Å². The molecule has 0 unspecified atom stereocenters. The molecule has 0 radical (unpaired) electrons. The molecule has 28 heavy (non-hydrogen) atoms. The van der Waals surface area contributed by atoms with Crippen LogP contribution in [-0.4, -0.2) is 9.78 Å². The molecule has 0 atom stereocenters. The van der Waals surface area contributed by atoms with Crippen LogP contribution in [0.1, 0.15) is 0 Å². The molecule has 0 saturated carbocycles. The van der Waals surface area contributed by atoms with Gasteiger partial charge in [-0.1, -0.05) is 64.6 Å². The van der Waals surface area contributed by atoms with E-state index >= 15 is 0 Å². The molecular formula is C21H11Cl4FN2. The van der Waals surface area contributed by atoms with E-state index in [2.05, 4.69) is 5.10 Å². The lowest BCUT2D eigenvalue weighted by molar-refractivity contribution is 0.625. The molecule has 3 aromatic carbocycles. The van der Waals surface area contributed by atoms with Crippen LogP contribution in [-0.2, 0) is 0 Å². The lowest BCUT2D eigenvalue weighted by Gasteiger charge is -2.08. The summed E-state index contributed by atoms with van der Waals surface area (Å²) in [7, 11) is 0. The Morgan fingerprint density at radius 2 is 1.32 bits per heavy atom. The first-order chi connectivity index (χ1) is 13.4. The van der Waals surface area contributed by atoms with Crippen LogP contribution >= 0.6 is 46.4 Å². The fraction of sp³-hybridized carbons (Fsp3) is 0. The Morgan fingerprint density at radius 3 is 1.96 bits per heavy atom. The molecule has 0 saturated heterocycles. The number of benzene rings is 3. The number of hydrogen-bond acceptors (Lipinski definition) is 1. The predicted octanol–water partition coefficient (Wildman–Crippen LogP) is 7.96. The number of nitrogens with zero attached hydrogens (tertiary/aromatic N) is 2. The van der Waals surface area contributed by atoms with Crippen molar-refractivity contribution < 1.29 is 4.39 Å². The van der Waals surface area contributed by atoms with Crippen molar-refractivity contribution in [2.75, 3.05) is 0 Å². The third-order valence-electron chi connectivity index (χ3n) is 4.19. The average molecular weight is 452 g/mol. The highest BCUT2D eigenvalue weighted by molar-refractivity contribution is 6.42. The molecule has 4 rings (SSSR count). The fourth-order valence-electron chi connectivity index (χ4n) is 2.84. The van der Waals surface area contributed by atoms with Gasteiger partial charge in [0.1, 0.15) is 5.82 Å². The van der Waals surface area contributed by atoms with Gasteiger partial charge >= 0.3 is 0 Å². The molecule has 0 amide bonds. The monoisotopic (exact) mass is 450 g/mol. The molecule has 2 nitrogen and oxygen atoms in total. The molecule has 0 bridgehead atoms. The minimum atomic E-state index is -0.357. The number of halogens is 5. The van der Waals surface area contributed by atoms with E-state index in [1.54, 1.807) is 41.1 Å². The molecule has 0 aliphatic carbocycles. The summed E-state index contributed by atoms with van der Waals surface area (Å²) in [5, 5.41) is 6.42. The first-order valence-electron chi connectivity index (χ1n) is 8.19. The zero-order valence-corrected chi connectivity index (χ0v) is 17.2. The van der Waals surface area contributed by atoms with Crippen molar-refractivity contribution in [1.29, 1.82) is 0 Å². The Labute approximate surface area is 181 Å². The maximum Gasteiger partial charge on any atom is 0.125 e. The third-order valence-corrected chi connectivity index (χ3v) is 5.67. The van der Waals surface area contributed by atoms with Crippen LogP contribution in [0.25, 0.3) is 28.2 Å². The van der Waals surface area contributed by atoms with E-state index in [4.69, 9.17) is 46.4 Å². The Hall–Kier alpha value is -2.04. The number of hydrogen-bond donors (Lipinski definition) is 0. The number of aromatic nitrogens is 2. The van der Waals surface area contributed by atoms with Gasteiger partial charge in [0.25, 0.3) is 0 Å². The van der Waals surface area contributed by atoms with Gasteiger partial charge in [0.05, 0.1) is 37.2 Å². The second kappa shape index (κ2) is 7.76. The van der Waals surface area contributed by atoms with E-state index in [0.29, 0.717) is 31.5 Å². The molecule has 7 heteroatoms. The molecule has 1 aromatic heterocycles. The summed E-state index contributed by atoms with van der Waals surface area (Å²) < 4.78 is 15.5. The fourth-order valence-corrected chi connectivity index (χ4v) is 3.44. The molecule has 140 valence electrons. The molecule has 0 fully saturated rings. The molecule has 1 heterocycles. The van der Waals surface area contributed by atoms with Crippen molar-refractivity contribution in [2.45, 2.75) is 0 Å². The second-order valence-corrected chi connectivity index (χ2v) is 7.69. The van der Waals surface area contributed by atoms with Crippen molar-refractivity contribution in [3.8, 4) is 28.2 Å². The van der Waals surface area contributed by atoms with Gasteiger partial charge < -0.3 is 0 Å². The first kappa shape index (κ1) is 19.3. The predicted molar refractivity (Wildman–Crippen MR) is 114 cm³/mol. The average Bonchev–Trinajstić information content (AvgIpc) is 3.11. The SMILES string of the molecule is Fc1cccc(-n2nc(-c3ccc(Cl)c(Cl)c3)cc2-c2ccc(Cl)c(Cl)c2)c1. The van der Waals surface area contributed by atoms with Crippen molar-refractivity contribution in [3.63, 3.8) is 0 Å². The van der Waals surface area contributed by atoms with Gasteiger partial charge in [0.2, 0.25) is 0 Å². The lowest BCUT2D eigenvalue weighted by Crippen LogP contribution is -1.99. The van der Waals surface area contributed by atoms with E-state index < -0.39 is 0 Å². The standard InChI is InChI=1S/C21H11Cl4FN2/c22-16-6-4-12(8-18(16)24)20-11-21(13-5-7-17(23)19(25)9-13)28(27-20)15-3-1-2-14(26)10-15/h1-11H. The van der Waals surface area contributed by atoms with Gasteiger partial charge in [-0.15, -0.1) is 0 Å². The second-order valence-electron chi connectivity index (χ2n) is 6.06. The molecular weight excluding hydrogens is 441 g/mol. The summed E-state index contributed by atoms with van der Waals surface area (Å²) in [6.45, 7) is 0. The highest BCUT2D eigenvalue weighted by atomic mass is 35.5. The quantitative estimate of drug-likeness (QED) is 0.309. The van der Waals surface area contributed by atoms with Gasteiger partial charge in [-0.3, -0.25) is 0 Å². The molecule has 0 spiro atoms. The van der Waals surface area contributed by atoms with Crippen LogP contribution in [0.3, 0.4) is 0 Å². The van der Waals surface area contributed by atoms with E-state index in [-0.39, 0.29) is 5.82 Å². The van der Waals surface area contributed by atoms with E-state index in [1.807, 2.05) is 18.2 Å². The smallest absolute Gasteiger partial charge is 0.125 e. The first-order valence-corrected chi connectivity index (χ1v) is 9.70. The summed E-state index contributed by atoms with van der Waals surface area (Å²) in [5.74, 6) is -0.357. The van der Waals surface area contributed by atoms with Crippen LogP contribution in [0.5, 0.6) is 0 Å². The summed E-state index contributed by atoms with van der Waals surface area (Å²) >= 11 is 24.4. The lowest BCUT2D eigenvalue weighted by atomic mass is 10.1. The molecule has 4 aromatic rings.